The largest absolute Gasteiger partial charge is 0.455 e. The van der Waals surface area contributed by atoms with Crippen molar-refractivity contribution in [2.45, 2.75) is 25.8 Å². The molecule has 0 aliphatic heterocycles. The minimum absolute atomic E-state index is 0.0465. The lowest BCUT2D eigenvalue weighted by Gasteiger charge is -2.16. The lowest BCUT2D eigenvalue weighted by atomic mass is 10.0. The quantitative estimate of drug-likeness (QED) is 0.699. The first-order chi connectivity index (χ1) is 10.0. The lowest BCUT2D eigenvalue weighted by Crippen LogP contribution is -2.21. The summed E-state index contributed by atoms with van der Waals surface area (Å²) in [6.45, 7) is 2.05. The molecule has 0 amide bonds. The number of nitrogens with two attached hydrogens (primary N) is 1. The molecule has 0 radical (unpaired) electrons. The van der Waals surface area contributed by atoms with Gasteiger partial charge >= 0.3 is 0 Å². The number of benzene rings is 2. The molecule has 0 saturated heterocycles. The topological polar surface area (TPSA) is 35.2 Å². The van der Waals surface area contributed by atoms with Gasteiger partial charge in [-0.2, -0.15) is 0 Å². The third kappa shape index (κ3) is 4.36. The number of halogens is 3. The van der Waals surface area contributed by atoms with Crippen LogP contribution < -0.4 is 10.5 Å². The van der Waals surface area contributed by atoms with Gasteiger partial charge in [0.1, 0.15) is 11.5 Å². The van der Waals surface area contributed by atoms with Crippen LogP contribution in [0.15, 0.2) is 40.9 Å². The molecule has 0 saturated carbocycles. The van der Waals surface area contributed by atoms with E-state index in [-0.39, 0.29) is 6.04 Å². The molecular weight excluding hydrogens is 373 g/mol. The fourth-order valence-electron chi connectivity index (χ4n) is 1.91. The van der Waals surface area contributed by atoms with E-state index in [1.165, 1.54) is 0 Å². The van der Waals surface area contributed by atoms with Crippen LogP contribution in [0, 0.1) is 0 Å². The van der Waals surface area contributed by atoms with Gasteiger partial charge in [-0.25, -0.2) is 0 Å². The van der Waals surface area contributed by atoms with E-state index in [0.29, 0.717) is 28.0 Å². The second-order valence-corrected chi connectivity index (χ2v) is 6.50. The van der Waals surface area contributed by atoms with Gasteiger partial charge in [0.05, 0.1) is 5.02 Å². The van der Waals surface area contributed by atoms with Crippen molar-refractivity contribution in [3.8, 4) is 11.5 Å². The summed E-state index contributed by atoms with van der Waals surface area (Å²) in [5.41, 5.74) is 6.95. The summed E-state index contributed by atoms with van der Waals surface area (Å²) in [5, 5.41) is 1.20. The molecule has 0 aliphatic carbocycles. The number of hydrogen-bond acceptors (Lipinski definition) is 2. The van der Waals surface area contributed by atoms with Gasteiger partial charge in [-0.05, 0) is 43.2 Å². The highest BCUT2D eigenvalue weighted by Crippen LogP contribution is 2.36. The van der Waals surface area contributed by atoms with E-state index >= 15 is 0 Å². The number of hydrogen-bond donors (Lipinski definition) is 1. The Morgan fingerprint density at radius 2 is 1.90 bits per heavy atom. The zero-order valence-corrected chi connectivity index (χ0v) is 14.7. The van der Waals surface area contributed by atoms with Crippen LogP contribution in [-0.4, -0.2) is 6.04 Å². The van der Waals surface area contributed by atoms with E-state index in [2.05, 4.69) is 15.9 Å². The molecule has 1 unspecified atom stereocenters. The van der Waals surface area contributed by atoms with Crippen LogP contribution in [0.3, 0.4) is 0 Å². The van der Waals surface area contributed by atoms with Gasteiger partial charge in [0.2, 0.25) is 0 Å². The Balaban J connectivity index is 2.35. The van der Waals surface area contributed by atoms with Gasteiger partial charge in [0, 0.05) is 21.1 Å². The Morgan fingerprint density at radius 1 is 1.14 bits per heavy atom. The van der Waals surface area contributed by atoms with Crippen LogP contribution in [0.25, 0.3) is 0 Å². The van der Waals surface area contributed by atoms with E-state index in [4.69, 9.17) is 33.7 Å². The molecule has 0 fully saturated rings. The maximum absolute atomic E-state index is 6.29. The van der Waals surface area contributed by atoms with E-state index < -0.39 is 0 Å². The Morgan fingerprint density at radius 3 is 2.62 bits per heavy atom. The molecule has 21 heavy (non-hydrogen) atoms. The zero-order valence-electron chi connectivity index (χ0n) is 11.6. The van der Waals surface area contributed by atoms with Crippen LogP contribution >= 0.6 is 39.1 Å². The molecule has 0 spiro atoms. The summed E-state index contributed by atoms with van der Waals surface area (Å²) in [7, 11) is 0. The van der Waals surface area contributed by atoms with Gasteiger partial charge in [0.25, 0.3) is 0 Å². The Hall–Kier alpha value is -0.740. The average Bonchev–Trinajstić information content (AvgIpc) is 2.46. The summed E-state index contributed by atoms with van der Waals surface area (Å²) in [4.78, 5) is 0. The molecule has 0 bridgehead atoms. The maximum atomic E-state index is 6.29. The molecule has 2 aromatic carbocycles. The van der Waals surface area contributed by atoms with E-state index in [1.807, 2.05) is 37.3 Å². The van der Waals surface area contributed by atoms with Crippen LogP contribution in [-0.2, 0) is 6.42 Å². The minimum atomic E-state index is 0.0465. The van der Waals surface area contributed by atoms with Gasteiger partial charge in [0.15, 0.2) is 0 Å². The second-order valence-electron chi connectivity index (χ2n) is 4.77. The van der Waals surface area contributed by atoms with Gasteiger partial charge in [-0.15, -0.1) is 0 Å². The van der Waals surface area contributed by atoms with Crippen molar-refractivity contribution in [3.05, 3.63) is 56.5 Å². The summed E-state index contributed by atoms with van der Waals surface area (Å²) in [6, 6.07) is 11.1. The predicted molar refractivity (Wildman–Crippen MR) is 92.6 cm³/mol. The standard InChI is InChI=1S/C16H16BrCl2NO/c1-2-11(20)9-12-13(18)4-3-5-15(12)21-16-8-10(17)6-7-14(16)19/h3-8,11H,2,9,20H2,1H3. The zero-order chi connectivity index (χ0) is 15.4. The summed E-state index contributed by atoms with van der Waals surface area (Å²) in [5.74, 6) is 1.27. The molecule has 5 heteroatoms. The maximum Gasteiger partial charge on any atom is 0.147 e. The predicted octanol–water partition coefficient (Wildman–Crippen LogP) is 5.83. The fourth-order valence-corrected chi connectivity index (χ4v) is 2.65. The normalized spacial score (nSPS) is 12.2. The molecule has 0 aliphatic rings. The highest BCUT2D eigenvalue weighted by Gasteiger charge is 2.14. The second kappa shape index (κ2) is 7.50. The van der Waals surface area contributed by atoms with Crippen molar-refractivity contribution in [3.63, 3.8) is 0 Å². The Kier molecular flexibility index (Phi) is 5.94. The smallest absolute Gasteiger partial charge is 0.147 e. The molecule has 2 aromatic rings. The van der Waals surface area contributed by atoms with E-state index in [9.17, 15) is 0 Å². The van der Waals surface area contributed by atoms with Crippen LogP contribution in [0.1, 0.15) is 18.9 Å². The first-order valence-electron chi connectivity index (χ1n) is 6.67. The van der Waals surface area contributed by atoms with E-state index in [0.717, 1.165) is 16.5 Å². The summed E-state index contributed by atoms with van der Waals surface area (Å²) in [6.07, 6.45) is 1.54. The highest BCUT2D eigenvalue weighted by molar-refractivity contribution is 9.10. The molecule has 1 atom stereocenters. The fraction of sp³-hybridized carbons (Fsp3) is 0.250. The lowest BCUT2D eigenvalue weighted by molar-refractivity contribution is 0.472. The molecule has 0 heterocycles. The number of rotatable bonds is 5. The highest BCUT2D eigenvalue weighted by atomic mass is 79.9. The van der Waals surface area contributed by atoms with Crippen LogP contribution in [0.2, 0.25) is 10.0 Å². The Labute approximate surface area is 143 Å². The van der Waals surface area contributed by atoms with Crippen molar-refractivity contribution in [1.82, 2.24) is 0 Å². The molecule has 0 aromatic heterocycles. The van der Waals surface area contributed by atoms with Crippen LogP contribution in [0.5, 0.6) is 11.5 Å². The third-order valence-corrected chi connectivity index (χ3v) is 4.34. The molecule has 2 rings (SSSR count). The van der Waals surface area contributed by atoms with Gasteiger partial charge < -0.3 is 10.5 Å². The van der Waals surface area contributed by atoms with Gasteiger partial charge in [-0.3, -0.25) is 0 Å². The first kappa shape index (κ1) is 16.6. The monoisotopic (exact) mass is 387 g/mol. The molecule has 112 valence electrons. The van der Waals surface area contributed by atoms with Crippen molar-refractivity contribution < 1.29 is 4.74 Å². The average molecular weight is 389 g/mol. The summed E-state index contributed by atoms with van der Waals surface area (Å²) >= 11 is 15.9. The number of ether oxygens (including phenoxy) is 1. The molecule has 2 N–H and O–H groups in total. The van der Waals surface area contributed by atoms with Crippen molar-refractivity contribution >= 4 is 39.1 Å². The van der Waals surface area contributed by atoms with Crippen molar-refractivity contribution in [2.75, 3.05) is 0 Å². The molecular formula is C16H16BrCl2NO. The minimum Gasteiger partial charge on any atom is -0.455 e. The first-order valence-corrected chi connectivity index (χ1v) is 8.22. The Bertz CT molecular complexity index is 634. The third-order valence-electron chi connectivity index (χ3n) is 3.18. The van der Waals surface area contributed by atoms with Crippen molar-refractivity contribution in [2.24, 2.45) is 5.73 Å². The summed E-state index contributed by atoms with van der Waals surface area (Å²) < 4.78 is 6.84. The van der Waals surface area contributed by atoms with E-state index in [1.54, 1.807) is 6.07 Å². The van der Waals surface area contributed by atoms with Crippen molar-refractivity contribution in [1.29, 1.82) is 0 Å². The van der Waals surface area contributed by atoms with Crippen LogP contribution in [0.4, 0.5) is 0 Å². The molecule has 2 nitrogen and oxygen atoms in total. The SMILES string of the molecule is CCC(N)Cc1c(Cl)cccc1Oc1cc(Br)ccc1Cl. The van der Waals surface area contributed by atoms with Gasteiger partial charge in [-0.1, -0.05) is 52.1 Å².